The molecule has 0 atom stereocenters. The Bertz CT molecular complexity index is 981. The van der Waals surface area contributed by atoms with E-state index in [4.69, 9.17) is 0 Å². The number of carbonyl (C=O) groups is 1. The van der Waals surface area contributed by atoms with Crippen molar-refractivity contribution >= 4 is 40.8 Å². The third-order valence-corrected chi connectivity index (χ3v) is 4.21. The molecule has 0 saturated carbocycles. The predicted molar refractivity (Wildman–Crippen MR) is 99.2 cm³/mol. The predicted octanol–water partition coefficient (Wildman–Crippen LogP) is 4.22. The van der Waals surface area contributed by atoms with E-state index in [0.717, 1.165) is 17.2 Å². The summed E-state index contributed by atoms with van der Waals surface area (Å²) in [5, 5.41) is 5.92. The van der Waals surface area contributed by atoms with Gasteiger partial charge in [-0.3, -0.25) is 4.79 Å². The van der Waals surface area contributed by atoms with Crippen molar-refractivity contribution in [1.82, 2.24) is 19.9 Å². The minimum Gasteiger partial charge on any atom is -0.325 e. The van der Waals surface area contributed by atoms with Crippen LogP contribution in [0.15, 0.2) is 53.9 Å². The van der Waals surface area contributed by atoms with Gasteiger partial charge in [0.25, 0.3) is 5.78 Å². The smallest absolute Gasteiger partial charge is 0.325 e. The fourth-order valence-corrected chi connectivity index (χ4v) is 2.67. The van der Waals surface area contributed by atoms with E-state index in [1.165, 1.54) is 24.2 Å². The number of rotatable bonds is 6. The maximum atomic E-state index is 12.4. The lowest BCUT2D eigenvalue weighted by atomic mass is 10.2. The summed E-state index contributed by atoms with van der Waals surface area (Å²) in [5.74, 6) is -0.254. The van der Waals surface area contributed by atoms with E-state index in [9.17, 15) is 18.0 Å². The summed E-state index contributed by atoms with van der Waals surface area (Å²) in [7, 11) is 0. The van der Waals surface area contributed by atoms with Gasteiger partial charge in [0.05, 0.1) is 0 Å². The summed E-state index contributed by atoms with van der Waals surface area (Å²) < 4.78 is 37.3. The van der Waals surface area contributed by atoms with Crippen LogP contribution in [0.1, 0.15) is 10.4 Å². The van der Waals surface area contributed by atoms with Crippen LogP contribution < -0.4 is 10.6 Å². The molecule has 0 amide bonds. The molecule has 3 rings (SSSR count). The number of anilines is 4. The summed E-state index contributed by atoms with van der Waals surface area (Å²) in [6.07, 6.45) is 0.806. The van der Waals surface area contributed by atoms with E-state index in [1.807, 2.05) is 18.4 Å². The molecule has 3 heterocycles. The highest BCUT2D eigenvalue weighted by Gasteiger charge is 2.39. The fourth-order valence-electron chi connectivity index (χ4n) is 2.16. The first kappa shape index (κ1) is 19.5. The average Bonchev–Trinajstić information content (AvgIpc) is 2.68. The van der Waals surface area contributed by atoms with Gasteiger partial charge < -0.3 is 10.6 Å². The molecule has 2 N–H and O–H groups in total. The number of hydrogen-bond acceptors (Lipinski definition) is 8. The van der Waals surface area contributed by atoms with Crippen LogP contribution in [0.4, 0.5) is 36.4 Å². The van der Waals surface area contributed by atoms with Gasteiger partial charge in [0, 0.05) is 28.9 Å². The average molecular weight is 406 g/mol. The summed E-state index contributed by atoms with van der Waals surface area (Å²) >= 11 is 1.53. The number of hydrogen-bond donors (Lipinski definition) is 2. The van der Waals surface area contributed by atoms with Crippen molar-refractivity contribution in [2.24, 2.45) is 0 Å². The number of ketones is 1. The van der Waals surface area contributed by atoms with Crippen LogP contribution in [-0.4, -0.2) is 38.2 Å². The molecule has 0 aromatic carbocycles. The first-order chi connectivity index (χ1) is 13.4. The molecular formula is C17H13F3N6OS. The first-order valence-electron chi connectivity index (χ1n) is 7.79. The summed E-state index contributed by atoms with van der Waals surface area (Å²) in [6, 6.07) is 7.63. The summed E-state index contributed by atoms with van der Waals surface area (Å²) in [5.41, 5.74) is -0.539. The second-order valence-corrected chi connectivity index (χ2v) is 6.20. The van der Waals surface area contributed by atoms with Crippen LogP contribution in [0, 0.1) is 0 Å². The number of thioether (sulfide) groups is 1. The van der Waals surface area contributed by atoms with E-state index in [2.05, 4.69) is 30.6 Å². The van der Waals surface area contributed by atoms with Crippen molar-refractivity contribution in [2.45, 2.75) is 11.1 Å². The highest BCUT2D eigenvalue weighted by atomic mass is 32.2. The molecule has 0 radical (unpaired) electrons. The molecule has 0 aliphatic carbocycles. The number of nitrogens with one attached hydrogen (secondary N) is 2. The SMILES string of the molecule is CSc1cccnc1Nc1cc(Nc2ccc(C(=O)C(F)(F)F)cn2)ncn1. The molecule has 3 aromatic heterocycles. The second kappa shape index (κ2) is 8.21. The molecule has 7 nitrogen and oxygen atoms in total. The van der Waals surface area contributed by atoms with Gasteiger partial charge in [0.15, 0.2) is 0 Å². The maximum absolute atomic E-state index is 12.4. The normalized spacial score (nSPS) is 11.1. The quantitative estimate of drug-likeness (QED) is 0.464. The fraction of sp³-hybridized carbons (Fsp3) is 0.118. The molecule has 0 bridgehead atoms. The monoisotopic (exact) mass is 406 g/mol. The zero-order chi connectivity index (χ0) is 20.1. The number of alkyl halides is 3. The molecule has 0 aliphatic heterocycles. The molecule has 11 heteroatoms. The lowest BCUT2D eigenvalue weighted by Gasteiger charge is -2.10. The van der Waals surface area contributed by atoms with Crippen LogP contribution in [0.2, 0.25) is 0 Å². The van der Waals surface area contributed by atoms with Crippen LogP contribution in [0.25, 0.3) is 0 Å². The van der Waals surface area contributed by atoms with Crippen molar-refractivity contribution in [2.75, 3.05) is 16.9 Å². The number of carbonyl (C=O) groups excluding carboxylic acids is 1. The molecule has 144 valence electrons. The Labute approximate surface area is 161 Å². The number of nitrogens with zero attached hydrogens (tertiary/aromatic N) is 4. The second-order valence-electron chi connectivity index (χ2n) is 5.35. The maximum Gasteiger partial charge on any atom is 0.454 e. The topological polar surface area (TPSA) is 92.7 Å². The van der Waals surface area contributed by atoms with Gasteiger partial charge in [-0.2, -0.15) is 13.2 Å². The third kappa shape index (κ3) is 4.74. The van der Waals surface area contributed by atoms with Gasteiger partial charge in [-0.15, -0.1) is 11.8 Å². The molecule has 28 heavy (non-hydrogen) atoms. The van der Waals surface area contributed by atoms with E-state index < -0.39 is 17.5 Å². The number of aromatic nitrogens is 4. The third-order valence-electron chi connectivity index (χ3n) is 3.44. The molecule has 3 aromatic rings. The molecule has 0 saturated heterocycles. The zero-order valence-corrected chi connectivity index (χ0v) is 15.2. The largest absolute Gasteiger partial charge is 0.454 e. The molecule has 0 spiro atoms. The Morgan fingerprint density at radius 3 is 2.39 bits per heavy atom. The van der Waals surface area contributed by atoms with Crippen molar-refractivity contribution in [3.8, 4) is 0 Å². The Morgan fingerprint density at radius 1 is 1.00 bits per heavy atom. The Kier molecular flexibility index (Phi) is 5.73. The zero-order valence-electron chi connectivity index (χ0n) is 14.4. The Morgan fingerprint density at radius 2 is 1.75 bits per heavy atom. The lowest BCUT2D eigenvalue weighted by molar-refractivity contribution is -0.0885. The Balaban J connectivity index is 1.73. The van der Waals surface area contributed by atoms with Crippen LogP contribution in [0.3, 0.4) is 0 Å². The minimum atomic E-state index is -4.94. The van der Waals surface area contributed by atoms with Gasteiger partial charge in [0.1, 0.15) is 29.6 Å². The lowest BCUT2D eigenvalue weighted by Crippen LogP contribution is -2.22. The van der Waals surface area contributed by atoms with Gasteiger partial charge in [-0.05, 0) is 30.5 Å². The number of halogens is 3. The Hall–Kier alpha value is -3.21. The standard InChI is InChI=1S/C17H13F3N6OS/c1-28-11-3-2-6-21-16(11)26-14-7-13(23-9-24-14)25-12-5-4-10(8-22-12)15(27)17(18,19)20/h2-9H,1H3,(H2,21,22,23,24,25,26). The molecule has 0 aliphatic rings. The van der Waals surface area contributed by atoms with Gasteiger partial charge in [0.2, 0.25) is 0 Å². The van der Waals surface area contributed by atoms with E-state index in [1.54, 1.807) is 12.3 Å². The van der Waals surface area contributed by atoms with Crippen molar-refractivity contribution < 1.29 is 18.0 Å². The van der Waals surface area contributed by atoms with E-state index in [0.29, 0.717) is 17.5 Å². The van der Waals surface area contributed by atoms with Crippen molar-refractivity contribution in [3.63, 3.8) is 0 Å². The van der Waals surface area contributed by atoms with E-state index in [-0.39, 0.29) is 5.82 Å². The van der Waals surface area contributed by atoms with Gasteiger partial charge in [-0.1, -0.05) is 0 Å². The molecule has 0 unspecified atom stereocenters. The highest BCUT2D eigenvalue weighted by Crippen LogP contribution is 2.26. The summed E-state index contributed by atoms with van der Waals surface area (Å²) in [4.78, 5) is 28.3. The van der Waals surface area contributed by atoms with Crippen LogP contribution >= 0.6 is 11.8 Å². The number of Topliss-reactive ketones (excluding diaryl/α,β-unsaturated/α-hetero) is 1. The number of pyridine rings is 2. The van der Waals surface area contributed by atoms with Crippen LogP contribution in [0.5, 0.6) is 0 Å². The summed E-state index contributed by atoms with van der Waals surface area (Å²) in [6.45, 7) is 0. The van der Waals surface area contributed by atoms with Gasteiger partial charge in [-0.25, -0.2) is 19.9 Å². The highest BCUT2D eigenvalue weighted by molar-refractivity contribution is 7.98. The molecule has 0 fully saturated rings. The van der Waals surface area contributed by atoms with Crippen LogP contribution in [-0.2, 0) is 0 Å². The van der Waals surface area contributed by atoms with E-state index >= 15 is 0 Å². The molecular weight excluding hydrogens is 393 g/mol. The van der Waals surface area contributed by atoms with Gasteiger partial charge >= 0.3 is 6.18 Å². The van der Waals surface area contributed by atoms with Crippen molar-refractivity contribution in [3.05, 3.63) is 54.6 Å². The minimum absolute atomic E-state index is 0.228. The first-order valence-corrected chi connectivity index (χ1v) is 9.02. The van der Waals surface area contributed by atoms with Crippen molar-refractivity contribution in [1.29, 1.82) is 0 Å².